The summed E-state index contributed by atoms with van der Waals surface area (Å²) in [5.41, 5.74) is 2.43. The minimum atomic E-state index is -0.146. The lowest BCUT2D eigenvalue weighted by Gasteiger charge is -2.38. The molecule has 0 aliphatic carbocycles. The van der Waals surface area contributed by atoms with Crippen LogP contribution in [0.25, 0.3) is 0 Å². The Morgan fingerprint density at radius 2 is 1.67 bits per heavy atom. The minimum Gasteiger partial charge on any atom is -0.269 e. The third-order valence-corrected chi connectivity index (χ3v) is 7.92. The molecule has 1 heterocycles. The van der Waals surface area contributed by atoms with Crippen LogP contribution in [0.1, 0.15) is 25.0 Å². The monoisotopic (exact) mass is 353 g/mol. The predicted octanol–water partition coefficient (Wildman–Crippen LogP) is 5.82. The highest BCUT2D eigenvalue weighted by Crippen LogP contribution is 2.55. The molecule has 0 fully saturated rings. The van der Waals surface area contributed by atoms with Gasteiger partial charge < -0.3 is 0 Å². The molecule has 0 spiro atoms. The molecule has 1 nitrogen and oxygen atoms in total. The zero-order valence-corrected chi connectivity index (χ0v) is 15.9. The van der Waals surface area contributed by atoms with Crippen molar-refractivity contribution in [3.8, 4) is 0 Å². The van der Waals surface area contributed by atoms with E-state index < -0.39 is 0 Å². The summed E-state index contributed by atoms with van der Waals surface area (Å²) >= 11 is 3.88. The average molecular weight is 354 g/mol. The molecule has 24 heavy (non-hydrogen) atoms. The first-order valence-electron chi connectivity index (χ1n) is 8.19. The molecule has 0 saturated heterocycles. The summed E-state index contributed by atoms with van der Waals surface area (Å²) in [5.74, 6) is 0.931. The van der Waals surface area contributed by atoms with E-state index in [1.807, 2.05) is 29.6 Å². The second kappa shape index (κ2) is 7.20. The van der Waals surface area contributed by atoms with Crippen molar-refractivity contribution < 1.29 is 0 Å². The smallest absolute Gasteiger partial charge is 0.0999 e. The number of rotatable bonds is 6. The lowest BCUT2D eigenvalue weighted by atomic mass is 9.94. The third kappa shape index (κ3) is 3.47. The maximum absolute atomic E-state index is 5.12. The van der Waals surface area contributed by atoms with E-state index in [9.17, 15) is 0 Å². The highest BCUT2D eigenvalue weighted by Gasteiger charge is 2.51. The molecule has 1 unspecified atom stereocenters. The second-order valence-corrected chi connectivity index (χ2v) is 9.32. The molecule has 0 N–H and O–H groups in total. The summed E-state index contributed by atoms with van der Waals surface area (Å²) in [7, 11) is 0. The van der Waals surface area contributed by atoms with Gasteiger partial charge in [0, 0.05) is 11.3 Å². The molecule has 0 radical (unpaired) electrons. The van der Waals surface area contributed by atoms with E-state index in [0.29, 0.717) is 0 Å². The predicted molar refractivity (Wildman–Crippen MR) is 110 cm³/mol. The molecule has 3 rings (SSSR count). The Kier molecular flexibility index (Phi) is 5.21. The van der Waals surface area contributed by atoms with Crippen LogP contribution in [0, 0.1) is 0 Å². The Bertz CT molecular complexity index is 722. The van der Waals surface area contributed by atoms with Gasteiger partial charge in [-0.15, -0.1) is 18.3 Å². The van der Waals surface area contributed by atoms with Crippen LogP contribution in [-0.4, -0.2) is 20.4 Å². The Balaban J connectivity index is 1.95. The largest absolute Gasteiger partial charge is 0.269 e. The van der Waals surface area contributed by atoms with E-state index in [0.717, 1.165) is 17.2 Å². The van der Waals surface area contributed by atoms with Gasteiger partial charge in [-0.1, -0.05) is 78.5 Å². The quantitative estimate of drug-likeness (QED) is 0.607. The Morgan fingerprint density at radius 1 is 1.04 bits per heavy atom. The zero-order chi connectivity index (χ0) is 17.0. The molecule has 0 saturated carbocycles. The summed E-state index contributed by atoms with van der Waals surface area (Å²) in [4.78, 5) is 5.12. The topological polar surface area (TPSA) is 12.4 Å². The summed E-state index contributed by atoms with van der Waals surface area (Å²) in [6.45, 7) is 8.44. The van der Waals surface area contributed by atoms with Crippen molar-refractivity contribution in [1.82, 2.24) is 0 Å². The van der Waals surface area contributed by atoms with Crippen molar-refractivity contribution in [2.75, 3.05) is 5.75 Å². The maximum Gasteiger partial charge on any atom is 0.0999 e. The van der Waals surface area contributed by atoms with Crippen LogP contribution < -0.4 is 0 Å². The summed E-state index contributed by atoms with van der Waals surface area (Å²) in [5, 5.41) is 1.15. The van der Waals surface area contributed by atoms with Crippen LogP contribution in [0.4, 0.5) is 0 Å². The highest BCUT2D eigenvalue weighted by molar-refractivity contribution is 8.26. The van der Waals surface area contributed by atoms with E-state index in [1.165, 1.54) is 11.1 Å². The van der Waals surface area contributed by atoms with Crippen LogP contribution in [0.5, 0.6) is 0 Å². The van der Waals surface area contributed by atoms with Gasteiger partial charge in [0.25, 0.3) is 0 Å². The third-order valence-electron chi connectivity index (χ3n) is 4.31. The van der Waals surface area contributed by atoms with Gasteiger partial charge in [0.15, 0.2) is 0 Å². The van der Waals surface area contributed by atoms with E-state index in [-0.39, 0.29) is 9.62 Å². The van der Waals surface area contributed by atoms with Crippen LogP contribution >= 0.6 is 23.5 Å². The first-order chi connectivity index (χ1) is 11.6. The number of benzene rings is 2. The number of aliphatic imine (C=N–C) groups is 1. The standard InChI is InChI=1S/C21H23NS2/c1-4-15-23-21(16-17-11-7-5-8-12-17)20(2,3)22-19(24-21)18-13-9-6-10-14-18/h4-14H,1,15-16H2,2-3H3. The Hall–Kier alpha value is -1.45. The fraction of sp³-hybridized carbons (Fsp3) is 0.286. The van der Waals surface area contributed by atoms with Gasteiger partial charge in [0.2, 0.25) is 0 Å². The van der Waals surface area contributed by atoms with Crippen molar-refractivity contribution in [3.05, 3.63) is 84.4 Å². The van der Waals surface area contributed by atoms with Crippen molar-refractivity contribution in [2.45, 2.75) is 29.9 Å². The molecule has 0 aromatic heterocycles. The molecule has 0 bridgehead atoms. The Labute approximate surface area is 153 Å². The lowest BCUT2D eigenvalue weighted by molar-refractivity contribution is 0.475. The van der Waals surface area contributed by atoms with Crippen LogP contribution in [0.15, 0.2) is 78.3 Å². The fourth-order valence-electron chi connectivity index (χ4n) is 2.91. The molecule has 1 aliphatic heterocycles. The van der Waals surface area contributed by atoms with Crippen molar-refractivity contribution >= 4 is 28.6 Å². The van der Waals surface area contributed by atoms with E-state index >= 15 is 0 Å². The Morgan fingerprint density at radius 3 is 2.29 bits per heavy atom. The van der Waals surface area contributed by atoms with Crippen LogP contribution in [-0.2, 0) is 6.42 Å². The van der Waals surface area contributed by atoms with E-state index in [2.05, 4.69) is 81.1 Å². The molecule has 0 amide bonds. The molecule has 1 aliphatic rings. The number of thioether (sulfide) groups is 2. The molecule has 2 aromatic rings. The summed E-state index contributed by atoms with van der Waals surface area (Å²) in [6.07, 6.45) is 2.98. The van der Waals surface area contributed by atoms with Gasteiger partial charge >= 0.3 is 0 Å². The SMILES string of the molecule is C=CCSC1(Cc2ccccc2)SC(c2ccccc2)=NC1(C)C. The van der Waals surface area contributed by atoms with Gasteiger partial charge in [-0.25, -0.2) is 0 Å². The van der Waals surface area contributed by atoms with Gasteiger partial charge in [-0.05, 0) is 25.8 Å². The van der Waals surface area contributed by atoms with Crippen molar-refractivity contribution in [2.24, 2.45) is 4.99 Å². The first kappa shape index (κ1) is 17.4. The van der Waals surface area contributed by atoms with Gasteiger partial charge in [-0.2, -0.15) is 0 Å². The van der Waals surface area contributed by atoms with Gasteiger partial charge in [0.1, 0.15) is 0 Å². The normalized spacial score (nSPS) is 22.2. The van der Waals surface area contributed by atoms with Gasteiger partial charge in [-0.3, -0.25) is 4.99 Å². The van der Waals surface area contributed by atoms with Crippen LogP contribution in [0.3, 0.4) is 0 Å². The summed E-state index contributed by atoms with van der Waals surface area (Å²) < 4.78 is -0.0201. The molecular formula is C21H23NS2. The fourth-order valence-corrected chi connectivity index (χ4v) is 6.02. The van der Waals surface area contributed by atoms with Crippen molar-refractivity contribution in [3.63, 3.8) is 0 Å². The maximum atomic E-state index is 5.12. The molecule has 124 valence electrons. The number of hydrogen-bond donors (Lipinski definition) is 0. The van der Waals surface area contributed by atoms with Gasteiger partial charge in [0.05, 0.1) is 14.7 Å². The highest BCUT2D eigenvalue weighted by atomic mass is 32.2. The van der Waals surface area contributed by atoms with Crippen LogP contribution in [0.2, 0.25) is 0 Å². The van der Waals surface area contributed by atoms with E-state index in [4.69, 9.17) is 4.99 Å². The van der Waals surface area contributed by atoms with Crippen molar-refractivity contribution in [1.29, 1.82) is 0 Å². The number of nitrogens with zero attached hydrogens (tertiary/aromatic N) is 1. The second-order valence-electron chi connectivity index (χ2n) is 6.46. The number of hydrogen-bond acceptors (Lipinski definition) is 3. The molecule has 2 aromatic carbocycles. The minimum absolute atomic E-state index is 0.0201. The lowest BCUT2D eigenvalue weighted by Crippen LogP contribution is -2.42. The van der Waals surface area contributed by atoms with E-state index in [1.54, 1.807) is 0 Å². The molecule has 1 atom stereocenters. The zero-order valence-electron chi connectivity index (χ0n) is 14.2. The average Bonchev–Trinajstić information content (AvgIpc) is 2.86. The molecular weight excluding hydrogens is 330 g/mol. The first-order valence-corrected chi connectivity index (χ1v) is 10.00. The molecule has 3 heteroatoms. The summed E-state index contributed by atoms with van der Waals surface area (Å²) in [6, 6.07) is 21.3.